The molecule has 2 rings (SSSR count). The highest BCUT2D eigenvalue weighted by Gasteiger charge is 2.23. The van der Waals surface area contributed by atoms with Gasteiger partial charge in [0.05, 0.1) is 10.9 Å². The lowest BCUT2D eigenvalue weighted by Crippen LogP contribution is -2.33. The summed E-state index contributed by atoms with van der Waals surface area (Å²) in [5.41, 5.74) is 0. The highest BCUT2D eigenvalue weighted by atomic mass is 32.1. The summed E-state index contributed by atoms with van der Waals surface area (Å²) in [6, 6.07) is 3.84. The number of carbonyl (C=O) groups excluding carboxylic acids is 1. The number of rotatable bonds is 5. The molecule has 1 amide bonds. The summed E-state index contributed by atoms with van der Waals surface area (Å²) < 4.78 is 1.96. The number of hydrogen-bond acceptors (Lipinski definition) is 3. The van der Waals surface area contributed by atoms with E-state index in [0.29, 0.717) is 0 Å². The predicted molar refractivity (Wildman–Crippen MR) is 82.0 cm³/mol. The van der Waals surface area contributed by atoms with Crippen molar-refractivity contribution in [3.8, 4) is 0 Å². The molecule has 0 aliphatic heterocycles. The van der Waals surface area contributed by atoms with Crippen LogP contribution in [0.15, 0.2) is 24.5 Å². The fourth-order valence-electron chi connectivity index (χ4n) is 2.11. The van der Waals surface area contributed by atoms with Crippen LogP contribution in [0.3, 0.4) is 0 Å². The van der Waals surface area contributed by atoms with E-state index in [-0.39, 0.29) is 17.9 Å². The third-order valence-corrected chi connectivity index (χ3v) is 4.55. The third-order valence-electron chi connectivity index (χ3n) is 3.32. The van der Waals surface area contributed by atoms with Gasteiger partial charge in [0.25, 0.3) is 5.91 Å². The van der Waals surface area contributed by atoms with Gasteiger partial charge in [0.1, 0.15) is 5.82 Å². The van der Waals surface area contributed by atoms with Crippen molar-refractivity contribution < 1.29 is 4.79 Å². The van der Waals surface area contributed by atoms with Gasteiger partial charge in [-0.15, -0.1) is 11.3 Å². The molecule has 20 heavy (non-hydrogen) atoms. The molecule has 0 aromatic carbocycles. The zero-order valence-corrected chi connectivity index (χ0v) is 13.2. The summed E-state index contributed by atoms with van der Waals surface area (Å²) in [5.74, 6) is 1.16. The van der Waals surface area contributed by atoms with Crippen molar-refractivity contribution in [2.75, 3.05) is 0 Å². The van der Waals surface area contributed by atoms with Gasteiger partial charge in [-0.1, -0.05) is 20.8 Å². The van der Waals surface area contributed by atoms with Crippen LogP contribution in [0, 0.1) is 5.92 Å². The summed E-state index contributed by atoms with van der Waals surface area (Å²) in [7, 11) is 1.95. The highest BCUT2D eigenvalue weighted by Crippen LogP contribution is 2.22. The van der Waals surface area contributed by atoms with Gasteiger partial charge in [-0.2, -0.15) is 0 Å². The molecule has 0 radical (unpaired) electrons. The number of thiophene rings is 1. The van der Waals surface area contributed by atoms with Crippen LogP contribution >= 0.6 is 11.3 Å². The van der Waals surface area contributed by atoms with E-state index in [1.165, 1.54) is 4.88 Å². The van der Waals surface area contributed by atoms with E-state index in [1.807, 2.05) is 29.9 Å². The molecular formula is C15H21N3OS. The molecule has 0 saturated heterocycles. The van der Waals surface area contributed by atoms with Crippen molar-refractivity contribution in [1.29, 1.82) is 0 Å². The van der Waals surface area contributed by atoms with Crippen LogP contribution in [0.1, 0.15) is 47.2 Å². The Labute approximate surface area is 123 Å². The Kier molecular flexibility index (Phi) is 4.60. The molecule has 1 atom stereocenters. The Morgan fingerprint density at radius 2 is 2.20 bits per heavy atom. The second-order valence-electron chi connectivity index (χ2n) is 5.21. The Morgan fingerprint density at radius 3 is 2.70 bits per heavy atom. The molecule has 0 fully saturated rings. The smallest absolute Gasteiger partial charge is 0.261 e. The Bertz CT molecular complexity index is 585. The zero-order valence-electron chi connectivity index (χ0n) is 12.4. The summed E-state index contributed by atoms with van der Waals surface area (Å²) in [6.07, 6.45) is 4.62. The normalized spacial score (nSPS) is 12.7. The van der Waals surface area contributed by atoms with E-state index in [2.05, 4.69) is 31.1 Å². The summed E-state index contributed by atoms with van der Waals surface area (Å²) in [4.78, 5) is 18.7. The minimum Gasteiger partial charge on any atom is -0.341 e. The minimum absolute atomic E-state index is 0.0172. The molecule has 0 bridgehead atoms. The monoisotopic (exact) mass is 291 g/mol. The SMILES string of the molecule is CCc1ccc(C(=O)N[C@@H](c2nccn2C)C(C)C)s1. The average molecular weight is 291 g/mol. The minimum atomic E-state index is -0.0744. The predicted octanol–water partition coefficient (Wildman–Crippen LogP) is 3.17. The average Bonchev–Trinajstić information content (AvgIpc) is 3.04. The van der Waals surface area contributed by atoms with E-state index in [4.69, 9.17) is 0 Å². The molecule has 0 unspecified atom stereocenters. The second kappa shape index (κ2) is 6.22. The molecule has 2 aromatic heterocycles. The van der Waals surface area contributed by atoms with E-state index in [0.717, 1.165) is 17.1 Å². The molecule has 5 heteroatoms. The Hall–Kier alpha value is -1.62. The van der Waals surface area contributed by atoms with Crippen molar-refractivity contribution in [3.05, 3.63) is 40.1 Å². The number of hydrogen-bond donors (Lipinski definition) is 1. The summed E-state index contributed by atoms with van der Waals surface area (Å²) in [5, 5.41) is 3.10. The Morgan fingerprint density at radius 1 is 1.45 bits per heavy atom. The summed E-state index contributed by atoms with van der Waals surface area (Å²) >= 11 is 1.56. The maximum atomic E-state index is 12.4. The molecule has 0 saturated carbocycles. The van der Waals surface area contributed by atoms with Crippen LogP contribution in [0.25, 0.3) is 0 Å². The van der Waals surface area contributed by atoms with Crippen LogP contribution in [0.2, 0.25) is 0 Å². The maximum absolute atomic E-state index is 12.4. The lowest BCUT2D eigenvalue weighted by atomic mass is 10.0. The quantitative estimate of drug-likeness (QED) is 0.919. The van der Waals surface area contributed by atoms with Gasteiger partial charge in [-0.25, -0.2) is 4.98 Å². The van der Waals surface area contributed by atoms with Crippen LogP contribution in [-0.4, -0.2) is 15.5 Å². The number of aryl methyl sites for hydroxylation is 2. The number of amides is 1. The van der Waals surface area contributed by atoms with Gasteiger partial charge in [0, 0.05) is 24.3 Å². The number of carbonyl (C=O) groups is 1. The van der Waals surface area contributed by atoms with Gasteiger partial charge >= 0.3 is 0 Å². The van der Waals surface area contributed by atoms with E-state index < -0.39 is 0 Å². The van der Waals surface area contributed by atoms with Gasteiger partial charge in [-0.3, -0.25) is 4.79 Å². The van der Waals surface area contributed by atoms with Crippen molar-refractivity contribution in [1.82, 2.24) is 14.9 Å². The van der Waals surface area contributed by atoms with Crippen LogP contribution in [-0.2, 0) is 13.5 Å². The third kappa shape index (κ3) is 3.10. The van der Waals surface area contributed by atoms with Gasteiger partial charge in [-0.05, 0) is 24.5 Å². The van der Waals surface area contributed by atoms with Gasteiger partial charge < -0.3 is 9.88 Å². The van der Waals surface area contributed by atoms with Gasteiger partial charge in [0.15, 0.2) is 0 Å². The first kappa shape index (κ1) is 14.8. The fourth-order valence-corrected chi connectivity index (χ4v) is 2.96. The van der Waals surface area contributed by atoms with E-state index in [1.54, 1.807) is 17.5 Å². The molecule has 4 nitrogen and oxygen atoms in total. The molecule has 2 aromatic rings. The highest BCUT2D eigenvalue weighted by molar-refractivity contribution is 7.14. The number of aromatic nitrogens is 2. The lowest BCUT2D eigenvalue weighted by Gasteiger charge is -2.21. The van der Waals surface area contributed by atoms with Crippen LogP contribution < -0.4 is 5.32 Å². The topological polar surface area (TPSA) is 46.9 Å². The van der Waals surface area contributed by atoms with Crippen molar-refractivity contribution in [2.24, 2.45) is 13.0 Å². The molecule has 2 heterocycles. The van der Waals surface area contributed by atoms with Crippen LogP contribution in [0.5, 0.6) is 0 Å². The van der Waals surface area contributed by atoms with E-state index >= 15 is 0 Å². The summed E-state index contributed by atoms with van der Waals surface area (Å²) in [6.45, 7) is 6.27. The molecule has 0 aliphatic rings. The lowest BCUT2D eigenvalue weighted by molar-refractivity contribution is 0.0926. The first-order valence-electron chi connectivity index (χ1n) is 6.89. The molecule has 0 aliphatic carbocycles. The Balaban J connectivity index is 2.16. The molecule has 0 spiro atoms. The second-order valence-corrected chi connectivity index (χ2v) is 6.38. The molecule has 108 valence electrons. The van der Waals surface area contributed by atoms with Crippen molar-refractivity contribution >= 4 is 17.2 Å². The number of nitrogens with one attached hydrogen (secondary N) is 1. The van der Waals surface area contributed by atoms with E-state index in [9.17, 15) is 4.79 Å². The standard InChI is InChI=1S/C15H21N3OS/c1-5-11-6-7-12(20-11)15(19)17-13(10(2)3)14-16-8-9-18(14)4/h6-10,13H,5H2,1-4H3,(H,17,19)/t13-/m1/s1. The zero-order chi connectivity index (χ0) is 14.7. The van der Waals surface area contributed by atoms with Crippen LogP contribution in [0.4, 0.5) is 0 Å². The first-order chi connectivity index (χ1) is 9.52. The molecule has 1 N–H and O–H groups in total. The largest absolute Gasteiger partial charge is 0.341 e. The first-order valence-corrected chi connectivity index (χ1v) is 7.71. The number of imidazole rings is 1. The van der Waals surface area contributed by atoms with Crippen molar-refractivity contribution in [2.45, 2.75) is 33.2 Å². The van der Waals surface area contributed by atoms with Gasteiger partial charge in [0.2, 0.25) is 0 Å². The number of nitrogens with zero attached hydrogens (tertiary/aromatic N) is 2. The molecular weight excluding hydrogens is 270 g/mol. The fraction of sp³-hybridized carbons (Fsp3) is 0.467. The van der Waals surface area contributed by atoms with Crippen molar-refractivity contribution in [3.63, 3.8) is 0 Å². The maximum Gasteiger partial charge on any atom is 0.261 e.